The van der Waals surface area contributed by atoms with E-state index >= 15 is 0 Å². The Labute approximate surface area is 145 Å². The molecule has 2 N–H and O–H groups in total. The van der Waals surface area contributed by atoms with Gasteiger partial charge in [0, 0.05) is 39.6 Å². The van der Waals surface area contributed by atoms with Crippen molar-refractivity contribution in [1.29, 1.82) is 0 Å². The van der Waals surface area contributed by atoms with Gasteiger partial charge < -0.3 is 15.5 Å². The number of carbonyl (C=O) groups excluding carboxylic acids is 1. The molecule has 0 saturated carbocycles. The van der Waals surface area contributed by atoms with Gasteiger partial charge in [-0.3, -0.25) is 9.79 Å². The maximum atomic E-state index is 12.3. The van der Waals surface area contributed by atoms with Crippen LogP contribution in [0.3, 0.4) is 0 Å². The summed E-state index contributed by atoms with van der Waals surface area (Å²) in [4.78, 5) is 18.5. The number of carbonyl (C=O) groups is 1. The Morgan fingerprint density at radius 3 is 2.83 bits per heavy atom. The summed E-state index contributed by atoms with van der Waals surface area (Å²) in [6.07, 6.45) is 2.87. The number of guanidine groups is 1. The molecule has 0 radical (unpaired) electrons. The van der Waals surface area contributed by atoms with Gasteiger partial charge in [-0.15, -0.1) is 0 Å². The standard InChI is InChI=1S/C19H30N4O/c1-15-7-6-12-23(14-15)18(24)10-11-21-19(20-3)22-13-17-9-5-4-8-16(17)2/h4-5,8-9,15H,6-7,10-14H2,1-3H3,(H2,20,21,22). The minimum Gasteiger partial charge on any atom is -0.356 e. The first-order valence-electron chi connectivity index (χ1n) is 8.87. The predicted molar refractivity (Wildman–Crippen MR) is 99.0 cm³/mol. The van der Waals surface area contributed by atoms with Crippen molar-refractivity contribution in [2.24, 2.45) is 10.9 Å². The molecule has 1 aromatic rings. The first kappa shape index (κ1) is 18.3. The second kappa shape index (κ2) is 9.30. The highest BCUT2D eigenvalue weighted by atomic mass is 16.2. The Bertz CT molecular complexity index is 570. The Kier molecular flexibility index (Phi) is 7.09. The number of hydrogen-bond acceptors (Lipinski definition) is 2. The zero-order chi connectivity index (χ0) is 17.4. The van der Waals surface area contributed by atoms with E-state index in [1.165, 1.54) is 17.5 Å². The fourth-order valence-corrected chi connectivity index (χ4v) is 3.07. The molecule has 2 rings (SSSR count). The van der Waals surface area contributed by atoms with Crippen LogP contribution >= 0.6 is 0 Å². The number of benzene rings is 1. The first-order chi connectivity index (χ1) is 11.6. The zero-order valence-corrected chi connectivity index (χ0v) is 15.1. The van der Waals surface area contributed by atoms with Crippen LogP contribution in [0.4, 0.5) is 0 Å². The van der Waals surface area contributed by atoms with E-state index in [2.05, 4.69) is 41.6 Å². The summed E-state index contributed by atoms with van der Waals surface area (Å²) >= 11 is 0. The van der Waals surface area contributed by atoms with Crippen LogP contribution in [-0.2, 0) is 11.3 Å². The summed E-state index contributed by atoms with van der Waals surface area (Å²) in [6.45, 7) is 7.46. The largest absolute Gasteiger partial charge is 0.356 e. The van der Waals surface area contributed by atoms with Gasteiger partial charge in [0.1, 0.15) is 0 Å². The molecule has 1 heterocycles. The Morgan fingerprint density at radius 1 is 1.33 bits per heavy atom. The van der Waals surface area contributed by atoms with E-state index in [0.29, 0.717) is 18.9 Å². The van der Waals surface area contributed by atoms with Crippen LogP contribution < -0.4 is 10.6 Å². The van der Waals surface area contributed by atoms with E-state index in [1.54, 1.807) is 7.05 Å². The van der Waals surface area contributed by atoms with E-state index in [4.69, 9.17) is 0 Å². The minimum atomic E-state index is 0.239. The highest BCUT2D eigenvalue weighted by Crippen LogP contribution is 2.15. The lowest BCUT2D eigenvalue weighted by atomic mass is 10.00. The average Bonchev–Trinajstić information content (AvgIpc) is 2.59. The molecule has 132 valence electrons. The Morgan fingerprint density at radius 2 is 2.12 bits per heavy atom. The molecule has 5 nitrogen and oxygen atoms in total. The van der Waals surface area contributed by atoms with Crippen molar-refractivity contribution in [1.82, 2.24) is 15.5 Å². The SMILES string of the molecule is CN=C(NCCC(=O)N1CCCC(C)C1)NCc1ccccc1C. The normalized spacial score (nSPS) is 18.4. The van der Waals surface area contributed by atoms with Gasteiger partial charge in [0.2, 0.25) is 5.91 Å². The number of rotatable bonds is 5. The molecule has 5 heteroatoms. The van der Waals surface area contributed by atoms with E-state index in [-0.39, 0.29) is 5.91 Å². The van der Waals surface area contributed by atoms with Crippen LogP contribution in [0.2, 0.25) is 0 Å². The molecule has 1 fully saturated rings. The fraction of sp³-hybridized carbons (Fsp3) is 0.579. The number of nitrogens with zero attached hydrogens (tertiary/aromatic N) is 2. The van der Waals surface area contributed by atoms with E-state index in [9.17, 15) is 4.79 Å². The average molecular weight is 330 g/mol. The van der Waals surface area contributed by atoms with E-state index in [1.807, 2.05) is 17.0 Å². The van der Waals surface area contributed by atoms with Crippen molar-refractivity contribution in [3.8, 4) is 0 Å². The molecule has 0 aromatic heterocycles. The molecule has 0 aliphatic carbocycles. The van der Waals surface area contributed by atoms with Gasteiger partial charge in [0.05, 0.1) is 0 Å². The molecule has 1 aliphatic rings. The summed E-state index contributed by atoms with van der Waals surface area (Å²) in [5, 5.41) is 6.53. The van der Waals surface area contributed by atoms with Gasteiger partial charge in [-0.2, -0.15) is 0 Å². The number of hydrogen-bond donors (Lipinski definition) is 2. The lowest BCUT2D eigenvalue weighted by molar-refractivity contribution is -0.132. The molecule has 24 heavy (non-hydrogen) atoms. The molecule has 1 amide bonds. The lowest BCUT2D eigenvalue weighted by Crippen LogP contribution is -2.42. The van der Waals surface area contributed by atoms with Crippen LogP contribution in [-0.4, -0.2) is 43.4 Å². The van der Waals surface area contributed by atoms with Gasteiger partial charge in [0.15, 0.2) is 5.96 Å². The summed E-state index contributed by atoms with van der Waals surface area (Å²) in [5.41, 5.74) is 2.51. The molecule has 1 aromatic carbocycles. The van der Waals surface area contributed by atoms with Gasteiger partial charge in [-0.1, -0.05) is 31.2 Å². The third-order valence-electron chi connectivity index (χ3n) is 4.57. The number of amides is 1. The first-order valence-corrected chi connectivity index (χ1v) is 8.87. The molecule has 1 saturated heterocycles. The van der Waals surface area contributed by atoms with Crippen molar-refractivity contribution in [2.45, 2.75) is 39.7 Å². The molecular formula is C19H30N4O. The van der Waals surface area contributed by atoms with E-state index in [0.717, 1.165) is 32.0 Å². The molecule has 1 unspecified atom stereocenters. The predicted octanol–water partition coefficient (Wildman–Crippen LogP) is 2.31. The monoisotopic (exact) mass is 330 g/mol. The number of aryl methyl sites for hydroxylation is 1. The van der Waals surface area contributed by atoms with Crippen LogP contribution in [0.15, 0.2) is 29.3 Å². The highest BCUT2D eigenvalue weighted by molar-refractivity contribution is 5.81. The van der Waals surface area contributed by atoms with Crippen molar-refractivity contribution >= 4 is 11.9 Å². The molecule has 0 bridgehead atoms. The molecule has 1 aliphatic heterocycles. The van der Waals surface area contributed by atoms with Gasteiger partial charge >= 0.3 is 0 Å². The minimum absolute atomic E-state index is 0.239. The molecule has 1 atom stereocenters. The second-order valence-electron chi connectivity index (χ2n) is 6.62. The number of likely N-dealkylation sites (tertiary alicyclic amines) is 1. The smallest absolute Gasteiger partial charge is 0.224 e. The van der Waals surface area contributed by atoms with Crippen LogP contribution in [0.1, 0.15) is 37.3 Å². The summed E-state index contributed by atoms with van der Waals surface area (Å²) in [5.74, 6) is 1.60. The zero-order valence-electron chi connectivity index (χ0n) is 15.1. The third-order valence-corrected chi connectivity index (χ3v) is 4.57. The number of aliphatic imine (C=N–C) groups is 1. The molecular weight excluding hydrogens is 300 g/mol. The topological polar surface area (TPSA) is 56.7 Å². The quantitative estimate of drug-likeness (QED) is 0.643. The number of piperidine rings is 1. The van der Waals surface area contributed by atoms with Crippen molar-refractivity contribution < 1.29 is 4.79 Å². The number of nitrogens with one attached hydrogen (secondary N) is 2. The Hall–Kier alpha value is -2.04. The van der Waals surface area contributed by atoms with E-state index < -0.39 is 0 Å². The summed E-state index contributed by atoms with van der Waals surface area (Å²) in [6, 6.07) is 8.29. The van der Waals surface area contributed by atoms with Crippen LogP contribution in [0.25, 0.3) is 0 Å². The highest BCUT2D eigenvalue weighted by Gasteiger charge is 2.20. The lowest BCUT2D eigenvalue weighted by Gasteiger charge is -2.31. The van der Waals surface area contributed by atoms with Crippen molar-refractivity contribution in [2.75, 3.05) is 26.7 Å². The van der Waals surface area contributed by atoms with Crippen LogP contribution in [0, 0.1) is 12.8 Å². The van der Waals surface area contributed by atoms with Gasteiger partial charge in [-0.05, 0) is 36.8 Å². The maximum absolute atomic E-state index is 12.3. The second-order valence-corrected chi connectivity index (χ2v) is 6.62. The van der Waals surface area contributed by atoms with Crippen molar-refractivity contribution in [3.63, 3.8) is 0 Å². The third kappa shape index (κ3) is 5.55. The summed E-state index contributed by atoms with van der Waals surface area (Å²) < 4.78 is 0. The molecule has 0 spiro atoms. The maximum Gasteiger partial charge on any atom is 0.224 e. The summed E-state index contributed by atoms with van der Waals surface area (Å²) in [7, 11) is 1.75. The fourth-order valence-electron chi connectivity index (χ4n) is 3.07. The van der Waals surface area contributed by atoms with Crippen LogP contribution in [0.5, 0.6) is 0 Å². The van der Waals surface area contributed by atoms with Gasteiger partial charge in [-0.25, -0.2) is 0 Å². The van der Waals surface area contributed by atoms with Gasteiger partial charge in [0.25, 0.3) is 0 Å². The van der Waals surface area contributed by atoms with Crippen molar-refractivity contribution in [3.05, 3.63) is 35.4 Å². The Balaban J connectivity index is 1.71.